The van der Waals surface area contributed by atoms with Crippen molar-refractivity contribution in [3.05, 3.63) is 41.4 Å². The van der Waals surface area contributed by atoms with Crippen LogP contribution in [0.5, 0.6) is 0 Å². The van der Waals surface area contributed by atoms with Crippen LogP contribution in [0.1, 0.15) is 19.3 Å². The van der Waals surface area contributed by atoms with Gasteiger partial charge < -0.3 is 5.32 Å². The minimum Gasteiger partial charge on any atom is -0.316 e. The molecule has 1 heterocycles. The molecule has 132 valence electrons. The number of sulfonamides is 1. The molecule has 0 saturated carbocycles. The predicted octanol–water partition coefficient (Wildman–Crippen LogP) is 3.58. The summed E-state index contributed by atoms with van der Waals surface area (Å²) < 4.78 is 28.0. The van der Waals surface area contributed by atoms with Crippen LogP contribution in [0.15, 0.2) is 41.3 Å². The molecule has 0 radical (unpaired) electrons. The molecule has 7 heteroatoms. The Balaban J connectivity index is 0.00000208. The number of piperidine rings is 1. The summed E-state index contributed by atoms with van der Waals surface area (Å²) in [5, 5.41) is 5.33. The molecule has 1 saturated heterocycles. The molecule has 0 aromatic heterocycles. The van der Waals surface area contributed by atoms with Crippen LogP contribution < -0.4 is 10.0 Å². The molecule has 1 unspecified atom stereocenters. The van der Waals surface area contributed by atoms with E-state index in [0.29, 0.717) is 27.8 Å². The fraction of sp³-hybridized carbons (Fsp3) is 0.412. The maximum atomic E-state index is 12.6. The highest BCUT2D eigenvalue weighted by Crippen LogP contribution is 2.29. The maximum Gasteiger partial charge on any atom is 0.241 e. The van der Waals surface area contributed by atoms with Crippen molar-refractivity contribution in [3.8, 4) is 0 Å². The first-order valence-corrected chi connectivity index (χ1v) is 9.82. The van der Waals surface area contributed by atoms with Crippen molar-refractivity contribution >= 4 is 44.8 Å². The Morgan fingerprint density at radius 2 is 1.92 bits per heavy atom. The van der Waals surface area contributed by atoms with Gasteiger partial charge >= 0.3 is 0 Å². The van der Waals surface area contributed by atoms with Gasteiger partial charge in [0.15, 0.2) is 0 Å². The van der Waals surface area contributed by atoms with Crippen molar-refractivity contribution in [3.63, 3.8) is 0 Å². The van der Waals surface area contributed by atoms with Crippen LogP contribution in [0.2, 0.25) is 5.02 Å². The topological polar surface area (TPSA) is 58.2 Å². The molecule has 1 atom stereocenters. The monoisotopic (exact) mass is 388 g/mol. The molecule has 2 aromatic carbocycles. The summed E-state index contributed by atoms with van der Waals surface area (Å²) in [6.07, 6.45) is 3.19. The Morgan fingerprint density at radius 3 is 2.62 bits per heavy atom. The predicted molar refractivity (Wildman–Crippen MR) is 102 cm³/mol. The first-order chi connectivity index (χ1) is 11.1. The average molecular weight is 389 g/mol. The molecule has 0 aliphatic carbocycles. The largest absolute Gasteiger partial charge is 0.316 e. The van der Waals surface area contributed by atoms with Crippen LogP contribution in [0.25, 0.3) is 10.8 Å². The van der Waals surface area contributed by atoms with E-state index >= 15 is 0 Å². The molecule has 3 rings (SSSR count). The Kier molecular flexibility index (Phi) is 6.89. The fourth-order valence-electron chi connectivity index (χ4n) is 3.11. The summed E-state index contributed by atoms with van der Waals surface area (Å²) in [6.45, 7) is 2.51. The zero-order valence-electron chi connectivity index (χ0n) is 13.3. The number of rotatable bonds is 5. The van der Waals surface area contributed by atoms with E-state index in [-0.39, 0.29) is 12.4 Å². The normalized spacial score (nSPS) is 18.3. The number of hydrogen-bond donors (Lipinski definition) is 2. The zero-order chi connectivity index (χ0) is 16.3. The number of fused-ring (bicyclic) bond motifs is 1. The van der Waals surface area contributed by atoms with Gasteiger partial charge in [0.2, 0.25) is 10.0 Å². The number of benzene rings is 2. The first-order valence-electron chi connectivity index (χ1n) is 7.95. The van der Waals surface area contributed by atoms with E-state index in [9.17, 15) is 8.42 Å². The van der Waals surface area contributed by atoms with Crippen molar-refractivity contribution in [2.24, 2.45) is 5.92 Å². The zero-order valence-corrected chi connectivity index (χ0v) is 15.7. The fourth-order valence-corrected chi connectivity index (χ4v) is 4.60. The lowest BCUT2D eigenvalue weighted by Gasteiger charge is -2.22. The lowest BCUT2D eigenvalue weighted by Crippen LogP contribution is -2.33. The smallest absolute Gasteiger partial charge is 0.241 e. The third-order valence-corrected chi connectivity index (χ3v) is 6.21. The molecule has 4 nitrogen and oxygen atoms in total. The van der Waals surface area contributed by atoms with Gasteiger partial charge in [-0.1, -0.05) is 35.9 Å². The van der Waals surface area contributed by atoms with Gasteiger partial charge in [-0.25, -0.2) is 13.1 Å². The second-order valence-electron chi connectivity index (χ2n) is 5.99. The highest BCUT2D eigenvalue weighted by Gasteiger charge is 2.19. The number of hydrogen-bond acceptors (Lipinski definition) is 3. The summed E-state index contributed by atoms with van der Waals surface area (Å²) in [5.74, 6) is 0.549. The Bertz CT molecular complexity index is 790. The lowest BCUT2D eigenvalue weighted by atomic mass is 9.96. The second kappa shape index (κ2) is 8.50. The van der Waals surface area contributed by atoms with Crippen LogP contribution in [0.4, 0.5) is 0 Å². The standard InChI is InChI=1S/C17H21ClN2O2S.ClH/c18-16-7-8-17(15-6-2-1-5-14(15)16)23(21,22)20-11-9-13-4-3-10-19-12-13;/h1-2,5-8,13,19-20H,3-4,9-12H2;1H. The molecule has 0 amide bonds. The summed E-state index contributed by atoms with van der Waals surface area (Å²) >= 11 is 6.16. The van der Waals surface area contributed by atoms with E-state index in [0.717, 1.165) is 24.9 Å². The highest BCUT2D eigenvalue weighted by atomic mass is 35.5. The van der Waals surface area contributed by atoms with Crippen LogP contribution in [-0.4, -0.2) is 28.1 Å². The van der Waals surface area contributed by atoms with Gasteiger partial charge in [0, 0.05) is 22.3 Å². The first kappa shape index (κ1) is 19.5. The summed E-state index contributed by atoms with van der Waals surface area (Å²) in [5.41, 5.74) is 0. The molecule has 0 spiro atoms. The van der Waals surface area contributed by atoms with Gasteiger partial charge in [-0.05, 0) is 50.4 Å². The summed E-state index contributed by atoms with van der Waals surface area (Å²) in [6, 6.07) is 10.5. The lowest BCUT2D eigenvalue weighted by molar-refractivity contribution is 0.358. The van der Waals surface area contributed by atoms with Crippen molar-refractivity contribution in [1.82, 2.24) is 10.0 Å². The van der Waals surface area contributed by atoms with Crippen LogP contribution >= 0.6 is 24.0 Å². The number of nitrogens with one attached hydrogen (secondary N) is 2. The van der Waals surface area contributed by atoms with E-state index in [4.69, 9.17) is 11.6 Å². The summed E-state index contributed by atoms with van der Waals surface area (Å²) in [7, 11) is -3.53. The van der Waals surface area contributed by atoms with E-state index < -0.39 is 10.0 Å². The highest BCUT2D eigenvalue weighted by molar-refractivity contribution is 7.89. The molecule has 1 fully saturated rings. The maximum absolute atomic E-state index is 12.6. The average Bonchev–Trinajstić information content (AvgIpc) is 2.56. The van der Waals surface area contributed by atoms with E-state index in [1.54, 1.807) is 18.2 Å². The van der Waals surface area contributed by atoms with Crippen LogP contribution in [-0.2, 0) is 10.0 Å². The van der Waals surface area contributed by atoms with Gasteiger partial charge in [-0.2, -0.15) is 0 Å². The Hall–Kier alpha value is -0.850. The second-order valence-corrected chi connectivity index (χ2v) is 8.13. The molecule has 24 heavy (non-hydrogen) atoms. The van der Waals surface area contributed by atoms with Gasteiger partial charge in [-0.3, -0.25) is 0 Å². The Morgan fingerprint density at radius 1 is 1.17 bits per heavy atom. The molecular formula is C17H22Cl2N2O2S. The third kappa shape index (κ3) is 4.41. The van der Waals surface area contributed by atoms with E-state index in [1.807, 2.05) is 18.2 Å². The molecule has 1 aliphatic rings. The Labute approximate surface area is 154 Å². The van der Waals surface area contributed by atoms with Gasteiger partial charge in [0.1, 0.15) is 0 Å². The molecule has 0 bridgehead atoms. The molecular weight excluding hydrogens is 367 g/mol. The van der Waals surface area contributed by atoms with E-state index in [1.165, 1.54) is 12.8 Å². The van der Waals surface area contributed by atoms with E-state index in [2.05, 4.69) is 10.0 Å². The van der Waals surface area contributed by atoms with Gasteiger partial charge in [0.05, 0.1) is 4.90 Å². The quantitative estimate of drug-likeness (QED) is 0.822. The summed E-state index contributed by atoms with van der Waals surface area (Å²) in [4.78, 5) is 0.291. The van der Waals surface area contributed by atoms with Crippen molar-refractivity contribution in [2.45, 2.75) is 24.2 Å². The van der Waals surface area contributed by atoms with Gasteiger partial charge in [-0.15, -0.1) is 12.4 Å². The molecule has 2 aromatic rings. The van der Waals surface area contributed by atoms with Crippen LogP contribution in [0.3, 0.4) is 0 Å². The minimum absolute atomic E-state index is 0. The van der Waals surface area contributed by atoms with Gasteiger partial charge in [0.25, 0.3) is 0 Å². The van der Waals surface area contributed by atoms with Crippen LogP contribution in [0, 0.1) is 5.92 Å². The number of halogens is 2. The molecule has 1 aliphatic heterocycles. The third-order valence-electron chi connectivity index (χ3n) is 4.36. The van der Waals surface area contributed by atoms with Crippen molar-refractivity contribution in [2.75, 3.05) is 19.6 Å². The van der Waals surface area contributed by atoms with Crippen molar-refractivity contribution < 1.29 is 8.42 Å². The SMILES string of the molecule is Cl.O=S(=O)(NCCC1CCCNC1)c1ccc(Cl)c2ccccc12. The molecule has 2 N–H and O–H groups in total. The minimum atomic E-state index is -3.53. The van der Waals surface area contributed by atoms with Crippen molar-refractivity contribution in [1.29, 1.82) is 0 Å².